The molecule has 0 unspecified atom stereocenters. The van der Waals surface area contributed by atoms with Crippen LogP contribution in [0.4, 0.5) is 22.9 Å². The Morgan fingerprint density at radius 3 is 2.77 bits per heavy atom. The molecule has 0 atom stereocenters. The molecule has 9 nitrogen and oxygen atoms in total. The third kappa shape index (κ3) is 4.93. The number of hydrogen-bond donors (Lipinski definition) is 2. The Morgan fingerprint density at radius 2 is 2.00 bits per heavy atom. The Hall–Kier alpha value is -4.35. The monoisotopic (exact) mass is 555 g/mol. The number of nitrogens with one attached hydrogen (secondary N) is 2. The van der Waals surface area contributed by atoms with E-state index in [1.54, 1.807) is 48.3 Å². The fourth-order valence-electron chi connectivity index (χ4n) is 4.70. The van der Waals surface area contributed by atoms with Gasteiger partial charge in [0.15, 0.2) is 0 Å². The van der Waals surface area contributed by atoms with E-state index in [1.807, 2.05) is 53.5 Å². The second-order valence-corrected chi connectivity index (χ2v) is 11.3. The smallest absolute Gasteiger partial charge is 0.265 e. The Balaban J connectivity index is 1.29. The number of aromatic nitrogens is 3. The van der Waals surface area contributed by atoms with Gasteiger partial charge in [0, 0.05) is 43.6 Å². The number of anilines is 4. The molecule has 0 bridgehead atoms. The summed E-state index contributed by atoms with van der Waals surface area (Å²) in [6, 6.07) is 13.1. The van der Waals surface area contributed by atoms with E-state index in [0.717, 1.165) is 26.5 Å². The van der Waals surface area contributed by atoms with Crippen LogP contribution in [0, 0.1) is 0 Å². The van der Waals surface area contributed by atoms with Crippen LogP contribution >= 0.6 is 22.7 Å². The van der Waals surface area contributed by atoms with Crippen molar-refractivity contribution in [3.63, 3.8) is 0 Å². The van der Waals surface area contributed by atoms with Crippen LogP contribution in [0.2, 0.25) is 0 Å². The van der Waals surface area contributed by atoms with Gasteiger partial charge in [0.05, 0.1) is 33.7 Å². The largest absolute Gasteiger partial charge is 0.376 e. The van der Waals surface area contributed by atoms with Crippen LogP contribution in [0.25, 0.3) is 10.2 Å². The van der Waals surface area contributed by atoms with Gasteiger partial charge in [0.1, 0.15) is 17.0 Å². The molecule has 1 aliphatic rings. The summed E-state index contributed by atoms with van der Waals surface area (Å²) in [5.41, 5.74) is 4.15. The molecular weight excluding hydrogens is 530 g/mol. The number of carbonyl (C=O) groups excluding carboxylic acids is 2. The second-order valence-electron chi connectivity index (χ2n) is 9.31. The first-order valence-electron chi connectivity index (χ1n) is 12.4. The van der Waals surface area contributed by atoms with E-state index in [0.29, 0.717) is 41.5 Å². The highest BCUT2D eigenvalue weighted by molar-refractivity contribution is 7.19. The first-order chi connectivity index (χ1) is 19.0. The Bertz CT molecular complexity index is 1670. The zero-order chi connectivity index (χ0) is 26.9. The lowest BCUT2D eigenvalue weighted by Crippen LogP contribution is -2.35. The number of thiophene rings is 2. The molecule has 0 aliphatic carbocycles. The molecule has 2 amide bonds. The predicted molar refractivity (Wildman–Crippen MR) is 156 cm³/mol. The van der Waals surface area contributed by atoms with E-state index in [4.69, 9.17) is 0 Å². The molecule has 5 heterocycles. The van der Waals surface area contributed by atoms with E-state index in [2.05, 4.69) is 25.6 Å². The number of nitrogens with zero attached hydrogens (tertiary/aromatic N) is 5. The molecule has 4 aromatic heterocycles. The van der Waals surface area contributed by atoms with Crippen LogP contribution in [-0.4, -0.2) is 52.3 Å². The number of rotatable bonds is 6. The molecule has 1 aliphatic heterocycles. The van der Waals surface area contributed by atoms with Gasteiger partial charge in [-0.15, -0.1) is 22.7 Å². The zero-order valence-electron chi connectivity index (χ0n) is 21.3. The first-order valence-corrected chi connectivity index (χ1v) is 14.1. The average Bonchev–Trinajstić information content (AvgIpc) is 3.62. The van der Waals surface area contributed by atoms with Crippen LogP contribution in [0.3, 0.4) is 0 Å². The third-order valence-electron chi connectivity index (χ3n) is 6.57. The summed E-state index contributed by atoms with van der Waals surface area (Å²) in [5, 5.41) is 9.37. The summed E-state index contributed by atoms with van der Waals surface area (Å²) in [6.07, 6.45) is 5.54. The molecule has 2 N–H and O–H groups in total. The van der Waals surface area contributed by atoms with Crippen molar-refractivity contribution < 1.29 is 9.59 Å². The molecule has 196 valence electrons. The topological polar surface area (TPSA) is 103 Å². The summed E-state index contributed by atoms with van der Waals surface area (Å²) in [7, 11) is 3.88. The van der Waals surface area contributed by atoms with Crippen LogP contribution in [0.15, 0.2) is 66.6 Å². The van der Waals surface area contributed by atoms with E-state index in [9.17, 15) is 9.59 Å². The highest BCUT2D eigenvalue weighted by atomic mass is 32.1. The number of hydrogen-bond acceptors (Lipinski definition) is 9. The minimum absolute atomic E-state index is 0.0197. The Morgan fingerprint density at radius 1 is 1.10 bits per heavy atom. The van der Waals surface area contributed by atoms with Crippen molar-refractivity contribution in [1.82, 2.24) is 19.9 Å². The standard InChI is InChI=1S/C28H25N7O2S2/c1-34(2)21-8-7-18(13-20(21)33-26(36)22-6-4-12-38-22)32-25-24-19-9-11-35(28(37)17-5-3-10-29-14-17)15-23(19)39-27(24)31-16-30-25/h3-8,10,12-14,16H,9,11,15H2,1-2H3,(H,33,36)(H,30,31,32). The molecule has 5 aromatic rings. The summed E-state index contributed by atoms with van der Waals surface area (Å²) in [4.78, 5) is 45.5. The zero-order valence-corrected chi connectivity index (χ0v) is 23.0. The molecule has 0 saturated heterocycles. The highest BCUT2D eigenvalue weighted by Crippen LogP contribution is 2.39. The van der Waals surface area contributed by atoms with Gasteiger partial charge in [0.25, 0.3) is 11.8 Å². The summed E-state index contributed by atoms with van der Waals surface area (Å²) in [5.74, 6) is 0.540. The maximum Gasteiger partial charge on any atom is 0.265 e. The molecule has 11 heteroatoms. The molecule has 1 aromatic carbocycles. The predicted octanol–water partition coefficient (Wildman–Crippen LogP) is 5.41. The van der Waals surface area contributed by atoms with Gasteiger partial charge in [-0.05, 0) is 53.8 Å². The van der Waals surface area contributed by atoms with Crippen molar-refractivity contribution in [3.05, 3.63) is 87.4 Å². The van der Waals surface area contributed by atoms with Crippen LogP contribution in [0.1, 0.15) is 30.5 Å². The van der Waals surface area contributed by atoms with Crippen molar-refractivity contribution in [1.29, 1.82) is 0 Å². The Labute approximate surface area is 233 Å². The summed E-state index contributed by atoms with van der Waals surface area (Å²) < 4.78 is 0. The number of benzene rings is 1. The number of carbonyl (C=O) groups is 2. The molecule has 0 saturated carbocycles. The van der Waals surface area contributed by atoms with Gasteiger partial charge < -0.3 is 20.4 Å². The maximum atomic E-state index is 13.0. The fraction of sp³-hybridized carbons (Fsp3) is 0.179. The van der Waals surface area contributed by atoms with Crippen molar-refractivity contribution >= 4 is 67.6 Å². The normalized spacial score (nSPS) is 12.7. The van der Waals surface area contributed by atoms with Gasteiger partial charge in [-0.3, -0.25) is 14.6 Å². The van der Waals surface area contributed by atoms with E-state index in [1.165, 1.54) is 16.9 Å². The van der Waals surface area contributed by atoms with E-state index in [-0.39, 0.29) is 11.8 Å². The molecule has 6 rings (SSSR count). The minimum atomic E-state index is -0.146. The fourth-order valence-corrected chi connectivity index (χ4v) is 6.52. The third-order valence-corrected chi connectivity index (χ3v) is 8.56. The number of pyridine rings is 1. The lowest BCUT2D eigenvalue weighted by atomic mass is 10.0. The van der Waals surface area contributed by atoms with Crippen molar-refractivity contribution in [3.8, 4) is 0 Å². The van der Waals surface area contributed by atoms with Gasteiger partial charge >= 0.3 is 0 Å². The van der Waals surface area contributed by atoms with Gasteiger partial charge in [-0.2, -0.15) is 0 Å². The van der Waals surface area contributed by atoms with E-state index >= 15 is 0 Å². The second kappa shape index (κ2) is 10.4. The first kappa shape index (κ1) is 25.0. The lowest BCUT2D eigenvalue weighted by molar-refractivity contribution is 0.0737. The number of fused-ring (bicyclic) bond motifs is 3. The quantitative estimate of drug-likeness (QED) is 0.289. The molecule has 39 heavy (non-hydrogen) atoms. The number of amides is 2. The van der Waals surface area contributed by atoms with Crippen molar-refractivity contribution in [2.24, 2.45) is 0 Å². The van der Waals surface area contributed by atoms with Crippen LogP contribution in [0.5, 0.6) is 0 Å². The molecule has 0 fully saturated rings. The van der Waals surface area contributed by atoms with Crippen molar-refractivity contribution in [2.75, 3.05) is 36.2 Å². The SMILES string of the molecule is CN(C)c1ccc(Nc2ncnc3sc4c(c23)CCN(C(=O)c2cccnc2)C4)cc1NC(=O)c1cccs1. The van der Waals surface area contributed by atoms with Gasteiger partial charge in [-0.25, -0.2) is 9.97 Å². The van der Waals surface area contributed by atoms with Gasteiger partial charge in [-0.1, -0.05) is 6.07 Å². The molecule has 0 spiro atoms. The lowest BCUT2D eigenvalue weighted by Gasteiger charge is -2.27. The van der Waals surface area contributed by atoms with Gasteiger partial charge in [0.2, 0.25) is 0 Å². The average molecular weight is 556 g/mol. The summed E-state index contributed by atoms with van der Waals surface area (Å²) >= 11 is 3.00. The summed E-state index contributed by atoms with van der Waals surface area (Å²) in [6.45, 7) is 1.14. The Kier molecular flexibility index (Phi) is 6.67. The molecule has 0 radical (unpaired) electrons. The van der Waals surface area contributed by atoms with Crippen LogP contribution in [-0.2, 0) is 13.0 Å². The van der Waals surface area contributed by atoms with Crippen molar-refractivity contribution in [2.45, 2.75) is 13.0 Å². The molecular formula is C28H25N7O2S2. The van der Waals surface area contributed by atoms with E-state index < -0.39 is 0 Å². The minimum Gasteiger partial charge on any atom is -0.376 e. The maximum absolute atomic E-state index is 13.0. The highest BCUT2D eigenvalue weighted by Gasteiger charge is 2.27. The van der Waals surface area contributed by atoms with Crippen LogP contribution < -0.4 is 15.5 Å².